The van der Waals surface area contributed by atoms with Gasteiger partial charge in [-0.1, -0.05) is 42.0 Å². The summed E-state index contributed by atoms with van der Waals surface area (Å²) >= 11 is 0. The minimum Gasteiger partial charge on any atom is -0.457 e. The van der Waals surface area contributed by atoms with Gasteiger partial charge in [-0.2, -0.15) is 0 Å². The van der Waals surface area contributed by atoms with Gasteiger partial charge in [-0.25, -0.2) is 13.1 Å². The Morgan fingerprint density at radius 3 is 2.11 bits per heavy atom. The van der Waals surface area contributed by atoms with E-state index >= 15 is 0 Å². The zero-order valence-electron chi connectivity index (χ0n) is 15.6. The molecule has 140 valence electrons. The number of hydrogen-bond acceptors (Lipinski definition) is 3. The summed E-state index contributed by atoms with van der Waals surface area (Å²) < 4.78 is 33.9. The molecular weight excluding hydrogens is 358 g/mol. The maximum absolute atomic E-state index is 12.7. The standard InChI is InChI=1S/C22H23NO3S/c1-16-9-14-22(17(2)15-16)18(3)23-27(24,25)21-12-10-20(11-13-21)26-19-7-5-4-6-8-19/h4-15,18,23H,1-3H3/t18-/m1/s1. The summed E-state index contributed by atoms with van der Waals surface area (Å²) in [7, 11) is -3.63. The molecule has 4 nitrogen and oxygen atoms in total. The summed E-state index contributed by atoms with van der Waals surface area (Å²) in [5.74, 6) is 1.29. The Balaban J connectivity index is 1.74. The molecule has 0 spiro atoms. The molecular formula is C22H23NO3S. The van der Waals surface area contributed by atoms with Crippen LogP contribution in [-0.4, -0.2) is 8.42 Å². The van der Waals surface area contributed by atoms with Crippen LogP contribution in [0.4, 0.5) is 0 Å². The molecule has 27 heavy (non-hydrogen) atoms. The number of ether oxygens (including phenoxy) is 1. The third-order valence-electron chi connectivity index (χ3n) is 4.34. The first-order valence-electron chi connectivity index (χ1n) is 8.77. The topological polar surface area (TPSA) is 55.4 Å². The molecule has 0 heterocycles. The molecule has 0 radical (unpaired) electrons. The van der Waals surface area contributed by atoms with Gasteiger partial charge in [0.2, 0.25) is 10.0 Å². The van der Waals surface area contributed by atoms with Gasteiger partial charge in [0, 0.05) is 6.04 Å². The Hall–Kier alpha value is -2.63. The van der Waals surface area contributed by atoms with E-state index in [0.29, 0.717) is 11.5 Å². The van der Waals surface area contributed by atoms with Crippen LogP contribution in [0.15, 0.2) is 77.7 Å². The second-order valence-electron chi connectivity index (χ2n) is 6.59. The van der Waals surface area contributed by atoms with E-state index in [4.69, 9.17) is 4.74 Å². The van der Waals surface area contributed by atoms with Gasteiger partial charge in [-0.3, -0.25) is 0 Å². The first-order chi connectivity index (χ1) is 12.8. The minimum atomic E-state index is -3.63. The van der Waals surface area contributed by atoms with Crippen molar-refractivity contribution in [2.45, 2.75) is 31.7 Å². The Kier molecular flexibility index (Phi) is 5.63. The van der Waals surface area contributed by atoms with Crippen molar-refractivity contribution in [3.8, 4) is 11.5 Å². The van der Waals surface area contributed by atoms with Crippen LogP contribution in [0.3, 0.4) is 0 Å². The van der Waals surface area contributed by atoms with Crippen LogP contribution in [0.5, 0.6) is 11.5 Å². The monoisotopic (exact) mass is 381 g/mol. The van der Waals surface area contributed by atoms with E-state index in [2.05, 4.69) is 10.8 Å². The summed E-state index contributed by atoms with van der Waals surface area (Å²) in [4.78, 5) is 0.208. The quantitative estimate of drug-likeness (QED) is 0.643. The zero-order chi connectivity index (χ0) is 19.4. The summed E-state index contributed by atoms with van der Waals surface area (Å²) in [6.45, 7) is 5.86. The molecule has 1 N–H and O–H groups in total. The fourth-order valence-electron chi connectivity index (χ4n) is 2.99. The van der Waals surface area contributed by atoms with Gasteiger partial charge < -0.3 is 4.74 Å². The lowest BCUT2D eigenvalue weighted by Gasteiger charge is -2.17. The van der Waals surface area contributed by atoms with E-state index in [0.717, 1.165) is 16.7 Å². The van der Waals surface area contributed by atoms with Gasteiger partial charge in [-0.15, -0.1) is 0 Å². The number of benzene rings is 3. The Labute approximate surface area is 160 Å². The molecule has 0 saturated carbocycles. The molecule has 0 bridgehead atoms. The van der Waals surface area contributed by atoms with Crippen molar-refractivity contribution < 1.29 is 13.2 Å². The van der Waals surface area contributed by atoms with Crippen LogP contribution < -0.4 is 9.46 Å². The van der Waals surface area contributed by atoms with Crippen molar-refractivity contribution in [3.05, 3.63) is 89.5 Å². The van der Waals surface area contributed by atoms with Crippen LogP contribution >= 0.6 is 0 Å². The van der Waals surface area contributed by atoms with Gasteiger partial charge in [0.1, 0.15) is 11.5 Å². The molecule has 3 aromatic rings. The predicted molar refractivity (Wildman–Crippen MR) is 108 cm³/mol. The molecule has 0 fully saturated rings. The minimum absolute atomic E-state index is 0.208. The highest BCUT2D eigenvalue weighted by atomic mass is 32.2. The van der Waals surface area contributed by atoms with Gasteiger partial charge in [0.15, 0.2) is 0 Å². The van der Waals surface area contributed by atoms with Gasteiger partial charge in [0.25, 0.3) is 0 Å². The summed E-state index contributed by atoms with van der Waals surface area (Å²) in [5, 5.41) is 0. The number of aryl methyl sites for hydroxylation is 2. The number of rotatable bonds is 6. The van der Waals surface area contributed by atoms with Crippen LogP contribution in [-0.2, 0) is 10.0 Å². The average molecular weight is 381 g/mol. The molecule has 0 aliphatic rings. The lowest BCUT2D eigenvalue weighted by atomic mass is 10.0. The molecule has 0 unspecified atom stereocenters. The molecule has 0 amide bonds. The SMILES string of the molecule is Cc1ccc([C@@H](C)NS(=O)(=O)c2ccc(Oc3ccccc3)cc2)c(C)c1. The Morgan fingerprint density at radius 2 is 1.48 bits per heavy atom. The molecule has 3 rings (SSSR count). The van der Waals surface area contributed by atoms with Crippen LogP contribution in [0.2, 0.25) is 0 Å². The first kappa shape index (κ1) is 19.1. The van der Waals surface area contributed by atoms with E-state index in [9.17, 15) is 8.42 Å². The van der Waals surface area contributed by atoms with E-state index in [1.54, 1.807) is 24.3 Å². The van der Waals surface area contributed by atoms with E-state index in [1.807, 2.05) is 63.2 Å². The lowest BCUT2D eigenvalue weighted by Crippen LogP contribution is -2.27. The second kappa shape index (κ2) is 7.94. The average Bonchev–Trinajstić information content (AvgIpc) is 2.62. The molecule has 1 atom stereocenters. The smallest absolute Gasteiger partial charge is 0.241 e. The van der Waals surface area contributed by atoms with Crippen molar-refractivity contribution in [2.24, 2.45) is 0 Å². The van der Waals surface area contributed by atoms with Crippen LogP contribution in [0.1, 0.15) is 29.7 Å². The van der Waals surface area contributed by atoms with E-state index in [-0.39, 0.29) is 10.9 Å². The number of hydrogen-bond donors (Lipinski definition) is 1. The number of nitrogens with one attached hydrogen (secondary N) is 1. The highest BCUT2D eigenvalue weighted by molar-refractivity contribution is 7.89. The second-order valence-corrected chi connectivity index (χ2v) is 8.30. The lowest BCUT2D eigenvalue weighted by molar-refractivity contribution is 0.482. The van der Waals surface area contributed by atoms with Gasteiger partial charge >= 0.3 is 0 Å². The van der Waals surface area contributed by atoms with Crippen molar-refractivity contribution in [3.63, 3.8) is 0 Å². The largest absolute Gasteiger partial charge is 0.457 e. The van der Waals surface area contributed by atoms with E-state index < -0.39 is 10.0 Å². The van der Waals surface area contributed by atoms with Crippen molar-refractivity contribution >= 4 is 10.0 Å². The third kappa shape index (κ3) is 4.76. The maximum Gasteiger partial charge on any atom is 0.241 e. The summed E-state index contributed by atoms with van der Waals surface area (Å²) in [6.07, 6.45) is 0. The van der Waals surface area contributed by atoms with Gasteiger partial charge in [-0.05, 0) is 68.3 Å². The highest BCUT2D eigenvalue weighted by Crippen LogP contribution is 2.24. The van der Waals surface area contributed by atoms with Crippen LogP contribution in [0, 0.1) is 13.8 Å². The molecule has 0 aliphatic heterocycles. The summed E-state index contributed by atoms with van der Waals surface area (Å²) in [5.41, 5.74) is 3.19. The molecule has 0 saturated heterocycles. The maximum atomic E-state index is 12.7. The zero-order valence-corrected chi connectivity index (χ0v) is 16.5. The molecule has 5 heteroatoms. The summed E-state index contributed by atoms with van der Waals surface area (Å²) in [6, 6.07) is 21.5. The number of sulfonamides is 1. The highest BCUT2D eigenvalue weighted by Gasteiger charge is 2.19. The van der Waals surface area contributed by atoms with E-state index in [1.165, 1.54) is 0 Å². The Bertz CT molecular complexity index is 1010. The molecule has 0 aromatic heterocycles. The van der Waals surface area contributed by atoms with Crippen LogP contribution in [0.25, 0.3) is 0 Å². The normalized spacial score (nSPS) is 12.6. The first-order valence-corrected chi connectivity index (χ1v) is 10.3. The van der Waals surface area contributed by atoms with Crippen molar-refractivity contribution in [1.82, 2.24) is 4.72 Å². The third-order valence-corrected chi connectivity index (χ3v) is 5.89. The molecule has 0 aliphatic carbocycles. The van der Waals surface area contributed by atoms with Crippen molar-refractivity contribution in [2.75, 3.05) is 0 Å². The van der Waals surface area contributed by atoms with Crippen molar-refractivity contribution in [1.29, 1.82) is 0 Å². The predicted octanol–water partition coefficient (Wildman–Crippen LogP) is 5.14. The fraction of sp³-hybridized carbons (Fsp3) is 0.182. The Morgan fingerprint density at radius 1 is 0.852 bits per heavy atom. The number of para-hydroxylation sites is 1. The van der Waals surface area contributed by atoms with Gasteiger partial charge in [0.05, 0.1) is 4.90 Å². The fourth-order valence-corrected chi connectivity index (χ4v) is 4.21. The molecule has 3 aromatic carbocycles.